The summed E-state index contributed by atoms with van der Waals surface area (Å²) in [4.78, 5) is 8.01. The summed E-state index contributed by atoms with van der Waals surface area (Å²) < 4.78 is 41.7. The van der Waals surface area contributed by atoms with Gasteiger partial charge in [0.1, 0.15) is 5.82 Å². The van der Waals surface area contributed by atoms with Crippen LogP contribution in [-0.2, 0) is 6.18 Å². The van der Waals surface area contributed by atoms with Gasteiger partial charge in [0.05, 0.1) is 5.56 Å². The van der Waals surface area contributed by atoms with Crippen molar-refractivity contribution >= 4 is 5.82 Å². The van der Waals surface area contributed by atoms with E-state index in [0.29, 0.717) is 12.1 Å². The van der Waals surface area contributed by atoms with Gasteiger partial charge in [-0.2, -0.15) is 23.0 Å². The number of anilines is 1. The molecule has 2 aromatic heterocycles. The van der Waals surface area contributed by atoms with E-state index in [9.17, 15) is 13.2 Å². The minimum atomic E-state index is -4.60. The topological polar surface area (TPSA) is 55.6 Å². The lowest BCUT2D eigenvalue weighted by Gasteiger charge is -2.10. The molecule has 0 radical (unpaired) electrons. The number of rotatable bonds is 4. The second kappa shape index (κ2) is 14.1. The predicted octanol–water partition coefficient (Wildman–Crippen LogP) is 6.86. The third kappa shape index (κ3) is 6.86. The first-order chi connectivity index (χ1) is 14.5. The van der Waals surface area contributed by atoms with Gasteiger partial charge in [0.2, 0.25) is 0 Å². The molecule has 3 rings (SSSR count). The zero-order valence-electron chi connectivity index (χ0n) is 18.7. The van der Waals surface area contributed by atoms with Crippen molar-refractivity contribution in [3.05, 3.63) is 54.5 Å². The summed E-state index contributed by atoms with van der Waals surface area (Å²) >= 11 is 0. The van der Waals surface area contributed by atoms with Crippen LogP contribution in [0.5, 0.6) is 0 Å². The third-order valence-corrected chi connectivity index (χ3v) is 3.30. The Balaban J connectivity index is 0.00000129. The van der Waals surface area contributed by atoms with Gasteiger partial charge in [0, 0.05) is 18.9 Å². The molecule has 0 aliphatic heterocycles. The molecule has 0 saturated heterocycles. The Morgan fingerprint density at radius 3 is 1.87 bits per heavy atom. The van der Waals surface area contributed by atoms with Gasteiger partial charge in [-0.1, -0.05) is 71.9 Å². The smallest absolute Gasteiger partial charge is 0.370 e. The number of halogens is 3. The maximum Gasteiger partial charge on any atom is 0.435 e. The Morgan fingerprint density at radius 2 is 1.40 bits per heavy atom. The Hall–Kier alpha value is -2.90. The average Bonchev–Trinajstić information content (AvgIpc) is 3.19. The van der Waals surface area contributed by atoms with Crippen LogP contribution in [0.1, 0.15) is 54.2 Å². The highest BCUT2D eigenvalue weighted by Crippen LogP contribution is 2.41. The molecule has 0 atom stereocenters. The molecule has 8 heteroatoms. The number of nitrogens with one attached hydrogen (secondary N) is 1. The van der Waals surface area contributed by atoms with Gasteiger partial charge in [0.15, 0.2) is 5.69 Å². The predicted molar refractivity (Wildman–Crippen MR) is 118 cm³/mol. The molecule has 0 fully saturated rings. The molecule has 3 aromatic rings. The minimum Gasteiger partial charge on any atom is -0.370 e. The molecular weight excluding hydrogens is 391 g/mol. The molecule has 0 aliphatic rings. The molecule has 5 nitrogen and oxygen atoms in total. The van der Waals surface area contributed by atoms with Gasteiger partial charge in [-0.25, -0.2) is 9.97 Å². The third-order valence-electron chi connectivity index (χ3n) is 3.30. The number of nitrogens with zero attached hydrogens (tertiary/aromatic N) is 4. The summed E-state index contributed by atoms with van der Waals surface area (Å²) in [5.41, 5.74) is -0.572. The fraction of sp³-hybridized carbons (Fsp3) is 0.409. The summed E-state index contributed by atoms with van der Waals surface area (Å²) in [5, 5.41) is 6.71. The standard InChI is InChI=1S/C16H14F3N5.3C2H6/c1-2-20-14-12(11-7-4-3-5-8-11)13(16(17,18)19)23-24(14)15-21-9-6-10-22-15;3*1-2/h3-10,20H,2H2,1H3;3*1-2H3. The average molecular weight is 424 g/mol. The van der Waals surface area contributed by atoms with E-state index < -0.39 is 11.9 Å². The van der Waals surface area contributed by atoms with E-state index in [0.717, 1.165) is 4.68 Å². The van der Waals surface area contributed by atoms with Crippen LogP contribution in [-0.4, -0.2) is 26.3 Å². The van der Waals surface area contributed by atoms with Gasteiger partial charge in [-0.3, -0.25) is 0 Å². The van der Waals surface area contributed by atoms with Gasteiger partial charge in [-0.15, -0.1) is 0 Å². The normalized spacial score (nSPS) is 9.80. The van der Waals surface area contributed by atoms with Crippen molar-refractivity contribution in [3.8, 4) is 17.1 Å². The molecule has 166 valence electrons. The number of aromatic nitrogens is 4. The Labute approximate surface area is 177 Å². The van der Waals surface area contributed by atoms with Crippen LogP contribution in [0.25, 0.3) is 17.1 Å². The summed E-state index contributed by atoms with van der Waals surface area (Å²) in [5.74, 6) is 0.281. The first kappa shape index (κ1) is 27.1. The van der Waals surface area contributed by atoms with Crippen LogP contribution >= 0.6 is 0 Å². The molecule has 2 heterocycles. The van der Waals surface area contributed by atoms with Gasteiger partial charge >= 0.3 is 6.18 Å². The molecule has 0 amide bonds. The molecule has 0 spiro atoms. The number of hydrogen-bond donors (Lipinski definition) is 1. The Morgan fingerprint density at radius 1 is 0.867 bits per heavy atom. The second-order valence-corrected chi connectivity index (χ2v) is 4.93. The molecule has 0 aliphatic carbocycles. The molecule has 1 aromatic carbocycles. The quantitative estimate of drug-likeness (QED) is 0.498. The highest BCUT2D eigenvalue weighted by molar-refractivity contribution is 5.79. The summed E-state index contributed by atoms with van der Waals surface area (Å²) in [6, 6.07) is 9.92. The van der Waals surface area contributed by atoms with Crippen LogP contribution in [0.4, 0.5) is 19.0 Å². The lowest BCUT2D eigenvalue weighted by Crippen LogP contribution is -2.10. The number of hydrogen-bond acceptors (Lipinski definition) is 4. The van der Waals surface area contributed by atoms with Crippen molar-refractivity contribution in [3.63, 3.8) is 0 Å². The first-order valence-corrected chi connectivity index (χ1v) is 10.3. The van der Waals surface area contributed by atoms with E-state index in [2.05, 4.69) is 20.4 Å². The maximum absolute atomic E-state index is 13.5. The van der Waals surface area contributed by atoms with Gasteiger partial charge < -0.3 is 5.32 Å². The lowest BCUT2D eigenvalue weighted by atomic mass is 10.1. The largest absolute Gasteiger partial charge is 0.435 e. The molecule has 30 heavy (non-hydrogen) atoms. The fourth-order valence-electron chi connectivity index (χ4n) is 2.37. The van der Waals surface area contributed by atoms with Crippen molar-refractivity contribution in [2.45, 2.75) is 54.6 Å². The highest BCUT2D eigenvalue weighted by atomic mass is 19.4. The van der Waals surface area contributed by atoms with Crippen molar-refractivity contribution < 1.29 is 13.2 Å². The minimum absolute atomic E-state index is 0.0163. The summed E-state index contributed by atoms with van der Waals surface area (Å²) in [6.45, 7) is 14.2. The van der Waals surface area contributed by atoms with E-state index in [-0.39, 0.29) is 17.3 Å². The van der Waals surface area contributed by atoms with Crippen LogP contribution in [0, 0.1) is 0 Å². The maximum atomic E-state index is 13.5. The lowest BCUT2D eigenvalue weighted by molar-refractivity contribution is -0.140. The van der Waals surface area contributed by atoms with Crippen LogP contribution in [0.2, 0.25) is 0 Å². The van der Waals surface area contributed by atoms with E-state index in [1.165, 1.54) is 12.4 Å². The van der Waals surface area contributed by atoms with E-state index >= 15 is 0 Å². The van der Waals surface area contributed by atoms with Crippen LogP contribution in [0.3, 0.4) is 0 Å². The first-order valence-electron chi connectivity index (χ1n) is 10.3. The summed E-state index contributed by atoms with van der Waals surface area (Å²) in [7, 11) is 0. The summed E-state index contributed by atoms with van der Waals surface area (Å²) in [6.07, 6.45) is -1.69. The van der Waals surface area contributed by atoms with E-state index in [1.54, 1.807) is 43.3 Å². The van der Waals surface area contributed by atoms with Gasteiger partial charge in [-0.05, 0) is 18.6 Å². The molecule has 0 bridgehead atoms. The van der Waals surface area contributed by atoms with Crippen LogP contribution in [0.15, 0.2) is 48.8 Å². The number of benzene rings is 1. The van der Waals surface area contributed by atoms with Gasteiger partial charge in [0.25, 0.3) is 5.95 Å². The SMILES string of the molecule is CC.CC.CC.CCNc1c(-c2ccccc2)c(C(F)(F)F)nn1-c1ncccn1. The van der Waals surface area contributed by atoms with Crippen molar-refractivity contribution in [1.82, 2.24) is 19.7 Å². The Bertz CT molecular complexity index is 816. The van der Waals surface area contributed by atoms with Crippen molar-refractivity contribution in [2.24, 2.45) is 0 Å². The van der Waals surface area contributed by atoms with Crippen molar-refractivity contribution in [2.75, 3.05) is 11.9 Å². The molecular formula is C22H32F3N5. The zero-order chi connectivity index (χ0) is 23.2. The molecule has 1 N–H and O–H groups in total. The highest BCUT2D eigenvalue weighted by Gasteiger charge is 2.40. The fourth-order valence-corrected chi connectivity index (χ4v) is 2.37. The van der Waals surface area contributed by atoms with E-state index in [1.807, 2.05) is 41.5 Å². The Kier molecular flexibility index (Phi) is 12.8. The van der Waals surface area contributed by atoms with Crippen molar-refractivity contribution in [1.29, 1.82) is 0 Å². The molecule has 0 unspecified atom stereocenters. The second-order valence-electron chi connectivity index (χ2n) is 4.93. The van der Waals surface area contributed by atoms with Crippen LogP contribution < -0.4 is 5.32 Å². The zero-order valence-corrected chi connectivity index (χ0v) is 18.7. The number of alkyl halides is 3. The monoisotopic (exact) mass is 423 g/mol. The molecule has 0 saturated carbocycles. The van der Waals surface area contributed by atoms with E-state index in [4.69, 9.17) is 0 Å².